The fourth-order valence-electron chi connectivity index (χ4n) is 3.06. The first kappa shape index (κ1) is 18.1. The maximum absolute atomic E-state index is 13.0. The molecule has 11 heteroatoms. The van der Waals surface area contributed by atoms with Crippen molar-refractivity contribution in [3.8, 4) is 11.3 Å². The third-order valence-corrected chi connectivity index (χ3v) is 4.58. The van der Waals surface area contributed by atoms with Crippen LogP contribution in [0.15, 0.2) is 35.1 Å². The molecule has 8 nitrogen and oxygen atoms in total. The highest BCUT2D eigenvalue weighted by molar-refractivity contribution is 5.92. The number of aryl methyl sites for hydroxylation is 1. The third kappa shape index (κ3) is 3.59. The maximum Gasteiger partial charge on any atom is 0.393 e. The van der Waals surface area contributed by atoms with E-state index in [-0.39, 0.29) is 37.4 Å². The van der Waals surface area contributed by atoms with Crippen molar-refractivity contribution in [1.82, 2.24) is 30.2 Å². The Morgan fingerprint density at radius 1 is 1.36 bits per heavy atom. The number of carbonyl (C=O) groups excluding carboxylic acids is 1. The molecule has 0 saturated carbocycles. The van der Waals surface area contributed by atoms with Crippen LogP contribution in [-0.4, -0.2) is 37.0 Å². The summed E-state index contributed by atoms with van der Waals surface area (Å²) in [5, 5.41) is 14.1. The minimum atomic E-state index is -4.27. The van der Waals surface area contributed by atoms with Crippen molar-refractivity contribution >= 4 is 5.91 Å². The highest BCUT2D eigenvalue weighted by Gasteiger charge is 2.42. The van der Waals surface area contributed by atoms with Crippen LogP contribution in [-0.2, 0) is 19.5 Å². The first-order chi connectivity index (χ1) is 13.4. The van der Waals surface area contributed by atoms with Gasteiger partial charge in [-0.05, 0) is 18.6 Å². The second kappa shape index (κ2) is 7.06. The van der Waals surface area contributed by atoms with Gasteiger partial charge in [-0.15, -0.1) is 10.2 Å². The van der Waals surface area contributed by atoms with Crippen LogP contribution in [0.3, 0.4) is 0 Å². The van der Waals surface area contributed by atoms with Crippen molar-refractivity contribution in [2.24, 2.45) is 5.92 Å². The summed E-state index contributed by atoms with van der Waals surface area (Å²) in [4.78, 5) is 16.3. The van der Waals surface area contributed by atoms with E-state index in [0.717, 1.165) is 0 Å². The highest BCUT2D eigenvalue weighted by atomic mass is 19.4. The summed E-state index contributed by atoms with van der Waals surface area (Å²) < 4.78 is 45.6. The van der Waals surface area contributed by atoms with Crippen LogP contribution >= 0.6 is 0 Å². The zero-order chi connectivity index (χ0) is 19.7. The average Bonchev–Trinajstić information content (AvgIpc) is 3.33. The SMILES string of the molecule is O=C(NCc1nnc2n1C[C@@H](C(F)(F)F)CC2)c1cc(-c2cccnc2)on1. The molecule has 0 saturated heterocycles. The third-order valence-electron chi connectivity index (χ3n) is 4.58. The van der Waals surface area contributed by atoms with Gasteiger partial charge in [-0.2, -0.15) is 13.2 Å². The molecule has 3 aromatic rings. The number of fused-ring (bicyclic) bond motifs is 1. The lowest BCUT2D eigenvalue weighted by Gasteiger charge is -2.26. The molecule has 0 fully saturated rings. The predicted molar refractivity (Wildman–Crippen MR) is 88.8 cm³/mol. The number of halogens is 3. The van der Waals surface area contributed by atoms with Crippen LogP contribution < -0.4 is 5.32 Å². The van der Waals surface area contributed by atoms with Gasteiger partial charge in [-0.25, -0.2) is 0 Å². The number of nitrogens with one attached hydrogen (secondary N) is 1. The first-order valence-corrected chi connectivity index (χ1v) is 8.55. The van der Waals surface area contributed by atoms with Crippen LogP contribution in [0, 0.1) is 5.92 Å². The lowest BCUT2D eigenvalue weighted by Crippen LogP contribution is -2.34. The van der Waals surface area contributed by atoms with Gasteiger partial charge < -0.3 is 14.4 Å². The molecule has 0 unspecified atom stereocenters. The lowest BCUT2D eigenvalue weighted by molar-refractivity contribution is -0.182. The smallest absolute Gasteiger partial charge is 0.355 e. The molecule has 1 N–H and O–H groups in total. The van der Waals surface area contributed by atoms with Gasteiger partial charge in [0.15, 0.2) is 17.3 Å². The molecule has 4 heterocycles. The number of amides is 1. The summed E-state index contributed by atoms with van der Waals surface area (Å²) in [6, 6.07) is 4.94. The molecule has 0 aliphatic carbocycles. The first-order valence-electron chi connectivity index (χ1n) is 8.55. The van der Waals surface area contributed by atoms with E-state index in [2.05, 4.69) is 25.7 Å². The van der Waals surface area contributed by atoms with Crippen molar-refractivity contribution < 1.29 is 22.5 Å². The molecule has 1 amide bonds. The lowest BCUT2D eigenvalue weighted by atomic mass is 9.99. The Bertz CT molecular complexity index is 982. The van der Waals surface area contributed by atoms with E-state index in [9.17, 15) is 18.0 Å². The maximum atomic E-state index is 13.0. The number of hydrogen-bond donors (Lipinski definition) is 1. The van der Waals surface area contributed by atoms with Gasteiger partial charge in [0.25, 0.3) is 5.91 Å². The van der Waals surface area contributed by atoms with Crippen molar-refractivity contribution in [3.05, 3.63) is 47.9 Å². The molecule has 146 valence electrons. The molecule has 0 aromatic carbocycles. The van der Waals surface area contributed by atoms with Gasteiger partial charge in [0.1, 0.15) is 5.82 Å². The number of aromatic nitrogens is 5. The topological polar surface area (TPSA) is 98.7 Å². The van der Waals surface area contributed by atoms with E-state index in [1.165, 1.54) is 10.6 Å². The summed E-state index contributed by atoms with van der Waals surface area (Å²) in [6.45, 7) is -0.308. The van der Waals surface area contributed by atoms with Gasteiger partial charge >= 0.3 is 6.18 Å². The minimum absolute atomic E-state index is 0.00987. The Hall–Kier alpha value is -3.24. The van der Waals surface area contributed by atoms with Crippen LogP contribution in [0.25, 0.3) is 11.3 Å². The van der Waals surface area contributed by atoms with E-state index >= 15 is 0 Å². The van der Waals surface area contributed by atoms with E-state index in [1.54, 1.807) is 24.5 Å². The molecular weight excluding hydrogens is 377 g/mol. The summed E-state index contributed by atoms with van der Waals surface area (Å²) in [5.74, 6) is -0.827. The second-order valence-corrected chi connectivity index (χ2v) is 6.42. The molecule has 3 aromatic heterocycles. The summed E-state index contributed by atoms with van der Waals surface area (Å²) in [6.07, 6.45) is -0.906. The molecule has 4 rings (SSSR count). The number of hydrogen-bond acceptors (Lipinski definition) is 6. The molecule has 1 atom stereocenters. The Balaban J connectivity index is 1.43. The molecule has 0 spiro atoms. The van der Waals surface area contributed by atoms with Crippen molar-refractivity contribution in [1.29, 1.82) is 0 Å². The Morgan fingerprint density at radius 3 is 2.96 bits per heavy atom. The van der Waals surface area contributed by atoms with Crippen LogP contribution in [0.2, 0.25) is 0 Å². The molecular formula is C17H15F3N6O2. The van der Waals surface area contributed by atoms with E-state index in [4.69, 9.17) is 4.52 Å². The zero-order valence-corrected chi connectivity index (χ0v) is 14.5. The van der Waals surface area contributed by atoms with Crippen LogP contribution in [0.1, 0.15) is 28.6 Å². The van der Waals surface area contributed by atoms with Crippen molar-refractivity contribution in [2.75, 3.05) is 0 Å². The van der Waals surface area contributed by atoms with Crippen LogP contribution in [0.4, 0.5) is 13.2 Å². The molecule has 0 bridgehead atoms. The van der Waals surface area contributed by atoms with Gasteiger partial charge in [0, 0.05) is 37.0 Å². The predicted octanol–water partition coefficient (Wildman–Crippen LogP) is 2.38. The summed E-state index contributed by atoms with van der Waals surface area (Å²) in [5.41, 5.74) is 0.712. The molecule has 1 aliphatic heterocycles. The van der Waals surface area contributed by atoms with E-state index < -0.39 is 18.0 Å². The Morgan fingerprint density at radius 2 is 2.21 bits per heavy atom. The standard InChI is InChI=1S/C17H15F3N6O2/c18-17(19,20)11-3-4-14-23-24-15(26(14)9-11)8-22-16(27)12-6-13(28-25-12)10-2-1-5-21-7-10/h1-2,5-7,11H,3-4,8-9H2,(H,22,27)/t11-/m0/s1. The zero-order valence-electron chi connectivity index (χ0n) is 14.5. The van der Waals surface area contributed by atoms with Gasteiger partial charge in [-0.1, -0.05) is 5.16 Å². The Labute approximate surface area is 156 Å². The minimum Gasteiger partial charge on any atom is -0.355 e. The fourth-order valence-corrected chi connectivity index (χ4v) is 3.06. The van der Waals surface area contributed by atoms with Gasteiger partial charge in [-0.3, -0.25) is 9.78 Å². The number of rotatable bonds is 4. The number of alkyl halides is 3. The monoisotopic (exact) mass is 392 g/mol. The molecule has 1 aliphatic rings. The Kier molecular flexibility index (Phi) is 4.57. The van der Waals surface area contributed by atoms with Crippen molar-refractivity contribution in [2.45, 2.75) is 32.1 Å². The molecule has 0 radical (unpaired) electrons. The number of pyridine rings is 1. The van der Waals surface area contributed by atoms with E-state index in [1.807, 2.05) is 0 Å². The quantitative estimate of drug-likeness (QED) is 0.732. The van der Waals surface area contributed by atoms with E-state index in [0.29, 0.717) is 17.1 Å². The van der Waals surface area contributed by atoms with Gasteiger partial charge in [0.2, 0.25) is 0 Å². The normalized spacial score (nSPS) is 16.6. The highest BCUT2D eigenvalue weighted by Crippen LogP contribution is 2.34. The summed E-state index contributed by atoms with van der Waals surface area (Å²) >= 11 is 0. The average molecular weight is 392 g/mol. The van der Waals surface area contributed by atoms with Crippen molar-refractivity contribution in [3.63, 3.8) is 0 Å². The second-order valence-electron chi connectivity index (χ2n) is 6.42. The fraction of sp³-hybridized carbons (Fsp3) is 0.353. The number of carbonyl (C=O) groups is 1. The van der Waals surface area contributed by atoms with Crippen LogP contribution in [0.5, 0.6) is 0 Å². The summed E-state index contributed by atoms with van der Waals surface area (Å²) in [7, 11) is 0. The molecule has 28 heavy (non-hydrogen) atoms. The van der Waals surface area contributed by atoms with Gasteiger partial charge in [0.05, 0.1) is 12.5 Å². The largest absolute Gasteiger partial charge is 0.393 e. The number of nitrogens with zero attached hydrogens (tertiary/aromatic N) is 5.